The number of benzene rings is 1. The molecule has 2 aliphatic heterocycles. The predicted molar refractivity (Wildman–Crippen MR) is 213 cm³/mol. The standard InChI is InChI=1S/C38H58N9O11Se/c1-21(40)31(50)43-26(19-48)37(56)46-16-8-13-28(46)34(53)45-30(22(2)49)35(54)44-27(20-59)33(52)42-25(18-23-10-4-3-5-11-23)32(51)41-24(12-6-7-15-39)36(55)47-17-9-14-29(47)38(57)58/h3-5,10-11,21-22,24-30,48-49H,6-9,12-20,39-40H2,1-2H3,(H,41,51)(H,42,52)(H,43,50)(H,44,54)(H,45,53)(H,57,58)/t21-,22+,24-,25-,26-,27-,28-,29-,30-/m0/s1. The fraction of sp³-hybridized carbons (Fsp3) is 0.632. The van der Waals surface area contributed by atoms with Crippen LogP contribution in [0.4, 0.5) is 0 Å². The summed E-state index contributed by atoms with van der Waals surface area (Å²) < 4.78 is 0. The number of amides is 7. The molecule has 21 heteroatoms. The van der Waals surface area contributed by atoms with Crippen LogP contribution >= 0.6 is 0 Å². The van der Waals surface area contributed by atoms with Gasteiger partial charge in [-0.15, -0.1) is 0 Å². The first-order chi connectivity index (χ1) is 28.0. The number of unbranched alkanes of at least 4 members (excludes halogenated alkanes) is 1. The van der Waals surface area contributed by atoms with Crippen molar-refractivity contribution < 1.29 is 53.7 Å². The number of rotatable bonds is 22. The first kappa shape index (κ1) is 48.7. The molecular formula is C38H58N9O11Se. The molecule has 12 N–H and O–H groups in total. The van der Waals surface area contributed by atoms with Crippen molar-refractivity contribution in [3.63, 3.8) is 0 Å². The van der Waals surface area contributed by atoms with Crippen LogP contribution in [-0.4, -0.2) is 169 Å². The van der Waals surface area contributed by atoms with Crippen LogP contribution < -0.4 is 38.1 Å². The number of nitrogens with two attached hydrogens (primary N) is 2. The number of carboxylic acid groups (broad SMARTS) is 1. The van der Waals surface area contributed by atoms with Crippen LogP contribution in [0.5, 0.6) is 0 Å². The molecule has 1 aromatic carbocycles. The van der Waals surface area contributed by atoms with Gasteiger partial charge in [0.2, 0.25) is 5.91 Å². The first-order valence-electron chi connectivity index (χ1n) is 19.8. The molecule has 1 radical (unpaired) electrons. The van der Waals surface area contributed by atoms with Gasteiger partial charge in [0, 0.05) is 0 Å². The topological polar surface area (TPSA) is 316 Å². The van der Waals surface area contributed by atoms with Gasteiger partial charge in [-0.25, -0.2) is 4.79 Å². The fourth-order valence-electron chi connectivity index (χ4n) is 6.93. The Morgan fingerprint density at radius 3 is 1.86 bits per heavy atom. The Morgan fingerprint density at radius 1 is 0.763 bits per heavy atom. The molecule has 1 aromatic rings. The van der Waals surface area contributed by atoms with Crippen LogP contribution in [0.25, 0.3) is 0 Å². The van der Waals surface area contributed by atoms with Crippen molar-refractivity contribution in [2.45, 2.75) is 125 Å². The first-order valence-corrected chi connectivity index (χ1v) is 21.0. The van der Waals surface area contributed by atoms with Gasteiger partial charge >= 0.3 is 302 Å². The van der Waals surface area contributed by atoms with E-state index in [1.165, 1.54) is 18.7 Å². The van der Waals surface area contributed by atoms with Gasteiger partial charge in [-0.2, -0.15) is 0 Å². The average Bonchev–Trinajstić information content (AvgIpc) is 3.91. The fourth-order valence-corrected chi connectivity index (χ4v) is 7.42. The Bertz CT molecular complexity index is 1640. The molecule has 327 valence electrons. The monoisotopic (exact) mass is 896 g/mol. The number of nitrogens with one attached hydrogen (secondary N) is 5. The quantitative estimate of drug-likeness (QED) is 0.0395. The summed E-state index contributed by atoms with van der Waals surface area (Å²) in [5, 5.41) is 42.7. The van der Waals surface area contributed by atoms with Crippen LogP contribution in [0.1, 0.15) is 64.4 Å². The van der Waals surface area contributed by atoms with E-state index in [1.54, 1.807) is 30.3 Å². The minimum atomic E-state index is -1.60. The number of hydrogen-bond acceptors (Lipinski definition) is 12. The Morgan fingerprint density at radius 2 is 1.31 bits per heavy atom. The number of carbonyl (C=O) groups is 8. The van der Waals surface area contributed by atoms with Crippen molar-refractivity contribution in [2.75, 3.05) is 26.2 Å². The molecule has 0 aliphatic carbocycles. The third-order valence-electron chi connectivity index (χ3n) is 10.2. The molecule has 0 saturated carbocycles. The molecule has 9 atom stereocenters. The summed E-state index contributed by atoms with van der Waals surface area (Å²) in [5.41, 5.74) is 11.9. The molecule has 2 saturated heterocycles. The number of aliphatic hydroxyl groups excluding tert-OH is 2. The molecule has 7 amide bonds. The predicted octanol–water partition coefficient (Wildman–Crippen LogP) is -3.84. The molecule has 59 heavy (non-hydrogen) atoms. The molecule has 0 spiro atoms. The summed E-state index contributed by atoms with van der Waals surface area (Å²) in [5.74, 6) is -6.42. The average molecular weight is 896 g/mol. The van der Waals surface area contributed by atoms with E-state index in [2.05, 4.69) is 42.6 Å². The Balaban J connectivity index is 1.77. The summed E-state index contributed by atoms with van der Waals surface area (Å²) in [4.78, 5) is 108. The number of carbonyl (C=O) groups excluding carboxylic acids is 7. The maximum atomic E-state index is 14.0. The third-order valence-corrected chi connectivity index (χ3v) is 10.9. The Kier molecular flexibility index (Phi) is 19.7. The number of likely N-dealkylation sites (tertiary alicyclic amines) is 2. The van der Waals surface area contributed by atoms with Crippen LogP contribution in [0.15, 0.2) is 30.3 Å². The Hall–Kier alpha value is -4.66. The number of carboxylic acids is 1. The molecule has 2 heterocycles. The molecular weight excluding hydrogens is 837 g/mol. The summed E-state index contributed by atoms with van der Waals surface area (Å²) in [6, 6.07) is -1.06. The van der Waals surface area contributed by atoms with Gasteiger partial charge < -0.3 is 21.7 Å². The summed E-state index contributed by atoms with van der Waals surface area (Å²) >= 11 is 2.67. The van der Waals surface area contributed by atoms with Crippen molar-refractivity contribution in [3.05, 3.63) is 35.9 Å². The van der Waals surface area contributed by atoms with Crippen molar-refractivity contribution in [3.8, 4) is 0 Å². The van der Waals surface area contributed by atoms with Crippen molar-refractivity contribution >= 4 is 63.3 Å². The van der Waals surface area contributed by atoms with Crippen molar-refractivity contribution in [2.24, 2.45) is 11.5 Å². The maximum absolute atomic E-state index is 14.0. The molecule has 0 unspecified atom stereocenters. The van der Waals surface area contributed by atoms with Gasteiger partial charge in [-0.05, 0) is 6.92 Å². The summed E-state index contributed by atoms with van der Waals surface area (Å²) in [6.07, 6.45) is 1.01. The molecule has 2 aliphatic rings. The molecule has 0 aromatic heterocycles. The van der Waals surface area contributed by atoms with Crippen LogP contribution in [0, 0.1) is 0 Å². The second kappa shape index (κ2) is 23.8. The van der Waals surface area contributed by atoms with Crippen LogP contribution in [-0.2, 0) is 44.8 Å². The molecule has 3 rings (SSSR count). The normalized spacial score (nSPS) is 19.9. The summed E-state index contributed by atoms with van der Waals surface area (Å²) in [7, 11) is 0. The van der Waals surface area contributed by atoms with E-state index in [1.807, 2.05) is 0 Å². The van der Waals surface area contributed by atoms with Gasteiger partial charge in [0.05, 0.1) is 6.04 Å². The number of nitrogens with zero attached hydrogens (tertiary/aromatic N) is 2. The van der Waals surface area contributed by atoms with Gasteiger partial charge in [-0.3, -0.25) is 4.79 Å². The van der Waals surface area contributed by atoms with E-state index in [0.717, 1.165) is 4.90 Å². The van der Waals surface area contributed by atoms with Crippen LogP contribution in [0.2, 0.25) is 5.32 Å². The number of aliphatic carboxylic acids is 1. The molecule has 20 nitrogen and oxygen atoms in total. The summed E-state index contributed by atoms with van der Waals surface area (Å²) in [6.45, 7) is 2.54. The second-order valence-corrected chi connectivity index (χ2v) is 15.5. The van der Waals surface area contributed by atoms with E-state index >= 15 is 0 Å². The second-order valence-electron chi connectivity index (χ2n) is 14.8. The third kappa shape index (κ3) is 14.0. The van der Waals surface area contributed by atoms with Gasteiger partial charge in [0.25, 0.3) is 0 Å². The Labute approximate surface area is 351 Å². The van der Waals surface area contributed by atoms with E-state index in [4.69, 9.17) is 11.5 Å². The van der Waals surface area contributed by atoms with E-state index in [-0.39, 0.29) is 44.1 Å². The molecule has 2 fully saturated rings. The number of aliphatic hydroxyl groups is 2. The van der Waals surface area contributed by atoms with Gasteiger partial charge in [0.1, 0.15) is 0 Å². The van der Waals surface area contributed by atoms with E-state index < -0.39 is 108 Å². The zero-order valence-corrected chi connectivity index (χ0v) is 35.1. The molecule has 0 bridgehead atoms. The van der Waals surface area contributed by atoms with E-state index in [9.17, 15) is 53.7 Å². The van der Waals surface area contributed by atoms with Crippen molar-refractivity contribution in [1.82, 2.24) is 36.4 Å². The zero-order valence-electron chi connectivity index (χ0n) is 33.3. The van der Waals surface area contributed by atoms with E-state index in [0.29, 0.717) is 37.8 Å². The van der Waals surface area contributed by atoms with Crippen LogP contribution in [0.3, 0.4) is 0 Å². The van der Waals surface area contributed by atoms with Gasteiger partial charge in [0.15, 0.2) is 0 Å². The van der Waals surface area contributed by atoms with Gasteiger partial charge in [-0.1, -0.05) is 0 Å². The van der Waals surface area contributed by atoms with Crippen molar-refractivity contribution in [1.29, 1.82) is 0 Å². The SMILES string of the molecule is C[C@H](N)C(=O)N[C@@H](CO)C(=O)N1CCC[C@H]1C(=O)N[C@H](C(=O)N[C@@H](C[Se])C(=O)N[C@@H](Cc1ccccc1)C(=O)N[C@@H](CCCCN)C(=O)N1CCC[C@H]1C(=O)O)[C@@H](C)O. The minimum absolute atomic E-state index is 0.0211. The number of hydrogen-bond donors (Lipinski definition) is 10. The zero-order chi connectivity index (χ0) is 43.8.